The van der Waals surface area contributed by atoms with E-state index in [1.165, 1.54) is 12.0 Å². The number of ether oxygens (including phenoxy) is 1. The number of furan rings is 1. The van der Waals surface area contributed by atoms with Crippen molar-refractivity contribution in [1.29, 1.82) is 0 Å². The minimum atomic E-state index is 0.175. The Balaban J connectivity index is 1.39. The van der Waals surface area contributed by atoms with Crippen LogP contribution in [0.2, 0.25) is 0 Å². The molecule has 0 amide bonds. The highest BCUT2D eigenvalue weighted by atomic mass is 16.5. The van der Waals surface area contributed by atoms with Gasteiger partial charge in [-0.2, -0.15) is 5.10 Å². The zero-order valence-corrected chi connectivity index (χ0v) is 15.1. The van der Waals surface area contributed by atoms with E-state index in [1.54, 1.807) is 0 Å². The van der Waals surface area contributed by atoms with Crippen LogP contribution in [0.4, 0.5) is 0 Å². The average molecular weight is 351 g/mol. The van der Waals surface area contributed by atoms with Gasteiger partial charge in [-0.15, -0.1) is 0 Å². The van der Waals surface area contributed by atoms with Crippen molar-refractivity contribution >= 4 is 0 Å². The Morgan fingerprint density at radius 2 is 2.08 bits per heavy atom. The summed E-state index contributed by atoms with van der Waals surface area (Å²) in [6.45, 7) is 4.47. The van der Waals surface area contributed by atoms with Gasteiger partial charge in [-0.3, -0.25) is 5.10 Å². The van der Waals surface area contributed by atoms with Crippen LogP contribution in [0.1, 0.15) is 35.8 Å². The van der Waals surface area contributed by atoms with Gasteiger partial charge in [0.25, 0.3) is 0 Å². The number of nitrogens with one attached hydrogen (secondary N) is 2. The van der Waals surface area contributed by atoms with Gasteiger partial charge in [0.1, 0.15) is 11.5 Å². The summed E-state index contributed by atoms with van der Waals surface area (Å²) >= 11 is 0. The number of benzene rings is 1. The quantitative estimate of drug-likeness (QED) is 0.697. The number of rotatable bonds is 6. The Labute approximate surface area is 153 Å². The van der Waals surface area contributed by atoms with E-state index in [-0.39, 0.29) is 6.10 Å². The van der Waals surface area contributed by atoms with Crippen LogP contribution >= 0.6 is 0 Å². The Hall–Kier alpha value is -2.37. The van der Waals surface area contributed by atoms with E-state index in [4.69, 9.17) is 9.15 Å². The van der Waals surface area contributed by atoms with Crippen LogP contribution in [0.3, 0.4) is 0 Å². The molecule has 0 aliphatic carbocycles. The van der Waals surface area contributed by atoms with Crippen molar-refractivity contribution in [3.63, 3.8) is 0 Å². The Bertz CT molecular complexity index is 825. The molecule has 3 heterocycles. The Morgan fingerprint density at radius 3 is 2.88 bits per heavy atom. The first kappa shape index (κ1) is 17.1. The molecule has 1 saturated heterocycles. The number of hydrogen-bond donors (Lipinski definition) is 2. The lowest BCUT2D eigenvalue weighted by atomic mass is 9.89. The van der Waals surface area contributed by atoms with Gasteiger partial charge >= 0.3 is 0 Å². The van der Waals surface area contributed by atoms with E-state index in [0.717, 1.165) is 48.9 Å². The maximum absolute atomic E-state index is 6.09. The van der Waals surface area contributed by atoms with Gasteiger partial charge in [0.15, 0.2) is 5.76 Å². The second-order valence-corrected chi connectivity index (χ2v) is 6.92. The van der Waals surface area contributed by atoms with Gasteiger partial charge in [0.05, 0.1) is 12.3 Å². The van der Waals surface area contributed by atoms with Crippen molar-refractivity contribution in [2.45, 2.75) is 32.4 Å². The zero-order valence-electron chi connectivity index (χ0n) is 15.1. The molecule has 0 spiro atoms. The summed E-state index contributed by atoms with van der Waals surface area (Å²) in [6, 6.07) is 14.5. The minimum Gasteiger partial charge on any atom is -0.460 e. The van der Waals surface area contributed by atoms with Crippen molar-refractivity contribution in [3.05, 3.63) is 65.5 Å². The topological polar surface area (TPSA) is 63.1 Å². The van der Waals surface area contributed by atoms with E-state index in [1.807, 2.05) is 25.3 Å². The number of H-pyrrole nitrogens is 1. The van der Waals surface area contributed by atoms with Crippen LogP contribution in [0, 0.1) is 12.8 Å². The van der Waals surface area contributed by atoms with Crippen LogP contribution in [0.15, 0.2) is 53.1 Å². The maximum Gasteiger partial charge on any atom is 0.152 e. The summed E-state index contributed by atoms with van der Waals surface area (Å²) in [5.41, 5.74) is 3.34. The normalized spacial score (nSPS) is 20.3. The molecule has 26 heavy (non-hydrogen) atoms. The van der Waals surface area contributed by atoms with Crippen molar-refractivity contribution in [2.24, 2.45) is 5.92 Å². The SMILES string of the molecule is Cc1ccc(-c2[nH]ncc2CNCC2CCCOC2c2ccccc2)o1. The molecule has 4 rings (SSSR count). The first-order valence-corrected chi connectivity index (χ1v) is 9.27. The fourth-order valence-corrected chi connectivity index (χ4v) is 3.68. The number of hydrogen-bond acceptors (Lipinski definition) is 4. The fraction of sp³-hybridized carbons (Fsp3) is 0.381. The maximum atomic E-state index is 6.09. The lowest BCUT2D eigenvalue weighted by Crippen LogP contribution is -2.31. The molecular formula is C21H25N3O2. The van der Waals surface area contributed by atoms with Gasteiger partial charge in [-0.1, -0.05) is 30.3 Å². The number of nitrogens with zero attached hydrogens (tertiary/aromatic N) is 1. The molecule has 3 aromatic rings. The third kappa shape index (κ3) is 3.74. The number of aromatic nitrogens is 2. The predicted molar refractivity (Wildman–Crippen MR) is 101 cm³/mol. The monoisotopic (exact) mass is 351 g/mol. The molecule has 1 fully saturated rings. The zero-order chi connectivity index (χ0) is 17.8. The van der Waals surface area contributed by atoms with Gasteiger partial charge in [-0.25, -0.2) is 0 Å². The highest BCUT2D eigenvalue weighted by Crippen LogP contribution is 2.33. The molecule has 1 aliphatic rings. The molecule has 1 aliphatic heterocycles. The highest BCUT2D eigenvalue weighted by Gasteiger charge is 2.27. The fourth-order valence-electron chi connectivity index (χ4n) is 3.68. The molecule has 2 unspecified atom stereocenters. The Morgan fingerprint density at radius 1 is 1.19 bits per heavy atom. The average Bonchev–Trinajstić information content (AvgIpc) is 3.31. The van der Waals surface area contributed by atoms with Crippen LogP contribution in [0.5, 0.6) is 0 Å². The smallest absolute Gasteiger partial charge is 0.152 e. The summed E-state index contributed by atoms with van der Waals surface area (Å²) in [4.78, 5) is 0. The molecule has 136 valence electrons. The third-order valence-electron chi connectivity index (χ3n) is 5.00. The summed E-state index contributed by atoms with van der Waals surface area (Å²) in [5, 5.41) is 10.8. The van der Waals surface area contributed by atoms with Crippen molar-refractivity contribution in [3.8, 4) is 11.5 Å². The number of aryl methyl sites for hydroxylation is 1. The highest BCUT2D eigenvalue weighted by molar-refractivity contribution is 5.56. The molecule has 2 aromatic heterocycles. The second kappa shape index (κ2) is 7.89. The number of aromatic amines is 1. The lowest BCUT2D eigenvalue weighted by Gasteiger charge is -2.32. The van der Waals surface area contributed by atoms with E-state index in [9.17, 15) is 0 Å². The minimum absolute atomic E-state index is 0.175. The van der Waals surface area contributed by atoms with E-state index < -0.39 is 0 Å². The van der Waals surface area contributed by atoms with Gasteiger partial charge < -0.3 is 14.5 Å². The molecule has 5 heteroatoms. The van der Waals surface area contributed by atoms with E-state index in [2.05, 4.69) is 45.8 Å². The van der Waals surface area contributed by atoms with Crippen LogP contribution in [-0.4, -0.2) is 23.3 Å². The first-order chi connectivity index (χ1) is 12.8. The summed E-state index contributed by atoms with van der Waals surface area (Å²) in [7, 11) is 0. The summed E-state index contributed by atoms with van der Waals surface area (Å²) < 4.78 is 11.8. The molecule has 0 radical (unpaired) electrons. The summed E-state index contributed by atoms with van der Waals surface area (Å²) in [5.74, 6) is 2.21. The largest absolute Gasteiger partial charge is 0.460 e. The van der Waals surface area contributed by atoms with E-state index in [0.29, 0.717) is 5.92 Å². The molecule has 5 nitrogen and oxygen atoms in total. The third-order valence-corrected chi connectivity index (χ3v) is 5.00. The van der Waals surface area contributed by atoms with Crippen LogP contribution < -0.4 is 5.32 Å². The molecule has 1 aromatic carbocycles. The van der Waals surface area contributed by atoms with Crippen LogP contribution in [0.25, 0.3) is 11.5 Å². The molecule has 0 saturated carbocycles. The van der Waals surface area contributed by atoms with Crippen molar-refractivity contribution in [2.75, 3.05) is 13.2 Å². The molecule has 0 bridgehead atoms. The van der Waals surface area contributed by atoms with Crippen molar-refractivity contribution < 1.29 is 9.15 Å². The first-order valence-electron chi connectivity index (χ1n) is 9.27. The van der Waals surface area contributed by atoms with Gasteiger partial charge in [0, 0.05) is 31.2 Å². The lowest BCUT2D eigenvalue weighted by molar-refractivity contribution is -0.0278. The Kier molecular flexibility index (Phi) is 5.18. The molecular weight excluding hydrogens is 326 g/mol. The second-order valence-electron chi connectivity index (χ2n) is 6.92. The molecule has 2 atom stereocenters. The van der Waals surface area contributed by atoms with Crippen LogP contribution in [-0.2, 0) is 11.3 Å². The van der Waals surface area contributed by atoms with Gasteiger partial charge in [-0.05, 0) is 37.5 Å². The van der Waals surface area contributed by atoms with Crippen molar-refractivity contribution in [1.82, 2.24) is 15.5 Å². The summed E-state index contributed by atoms with van der Waals surface area (Å²) in [6.07, 6.45) is 4.35. The predicted octanol–water partition coefficient (Wildman–Crippen LogP) is 4.24. The van der Waals surface area contributed by atoms with Gasteiger partial charge in [0.2, 0.25) is 0 Å². The standard InChI is InChI=1S/C21H25N3O2/c1-15-9-10-19(26-15)20-18(14-23-24-20)13-22-12-17-8-5-11-25-21(17)16-6-3-2-4-7-16/h2-4,6-7,9-10,14,17,21-22H,5,8,11-13H2,1H3,(H,23,24). The van der Waals surface area contributed by atoms with E-state index >= 15 is 0 Å². The molecule has 2 N–H and O–H groups in total.